The maximum Gasteiger partial charge on any atom is 0.180 e. The Balaban J connectivity index is 2.61. The molecule has 2 rings (SSSR count). The highest BCUT2D eigenvalue weighted by atomic mass is 35.5. The molecular weight excluding hydrogens is 290 g/mol. The van der Waals surface area contributed by atoms with Crippen molar-refractivity contribution in [1.82, 2.24) is 9.97 Å². The van der Waals surface area contributed by atoms with Gasteiger partial charge in [-0.1, -0.05) is 18.5 Å². The monoisotopic (exact) mass is 307 g/mol. The van der Waals surface area contributed by atoms with Crippen LogP contribution < -0.4 is 14.8 Å². The molecule has 0 spiro atoms. The maximum absolute atomic E-state index is 6.41. The number of aryl methyl sites for hydroxylation is 1. The molecule has 1 N–H and O–H groups in total. The van der Waals surface area contributed by atoms with Gasteiger partial charge in [-0.2, -0.15) is 0 Å². The Bertz CT molecular complexity index is 625. The highest BCUT2D eigenvalue weighted by Crippen LogP contribution is 2.40. The Morgan fingerprint density at radius 3 is 2.52 bits per heavy atom. The normalized spacial score (nSPS) is 10.3. The number of halogens is 1. The van der Waals surface area contributed by atoms with E-state index in [1.807, 2.05) is 26.1 Å². The highest BCUT2D eigenvalue weighted by Gasteiger charge is 2.17. The van der Waals surface area contributed by atoms with Crippen LogP contribution >= 0.6 is 11.6 Å². The number of rotatable bonds is 5. The molecule has 2 aromatic rings. The van der Waals surface area contributed by atoms with Crippen LogP contribution in [0.3, 0.4) is 0 Å². The fourth-order valence-corrected chi connectivity index (χ4v) is 2.31. The molecule has 5 nitrogen and oxygen atoms in total. The van der Waals surface area contributed by atoms with Gasteiger partial charge in [0, 0.05) is 24.4 Å². The Labute approximate surface area is 129 Å². The average Bonchev–Trinajstić information content (AvgIpc) is 2.53. The number of hydrogen-bond donors (Lipinski definition) is 1. The van der Waals surface area contributed by atoms with E-state index < -0.39 is 0 Å². The second kappa shape index (κ2) is 6.63. The minimum atomic E-state index is 0.437. The van der Waals surface area contributed by atoms with E-state index in [1.54, 1.807) is 20.3 Å². The van der Waals surface area contributed by atoms with Crippen molar-refractivity contribution in [2.45, 2.75) is 13.3 Å². The van der Waals surface area contributed by atoms with Crippen LogP contribution in [0.15, 0.2) is 18.2 Å². The molecule has 0 aliphatic carbocycles. The van der Waals surface area contributed by atoms with Gasteiger partial charge < -0.3 is 14.8 Å². The van der Waals surface area contributed by atoms with E-state index in [0.717, 1.165) is 17.9 Å². The van der Waals surface area contributed by atoms with Crippen molar-refractivity contribution in [1.29, 1.82) is 0 Å². The van der Waals surface area contributed by atoms with Gasteiger partial charge in [0.05, 0.1) is 19.2 Å². The Morgan fingerprint density at radius 2 is 1.95 bits per heavy atom. The quantitative estimate of drug-likeness (QED) is 0.917. The largest absolute Gasteiger partial charge is 0.493 e. The van der Waals surface area contributed by atoms with Crippen LogP contribution in [0.2, 0.25) is 5.02 Å². The summed E-state index contributed by atoms with van der Waals surface area (Å²) in [6.45, 7) is 2.04. The zero-order chi connectivity index (χ0) is 15.4. The van der Waals surface area contributed by atoms with Crippen molar-refractivity contribution in [3.8, 4) is 22.9 Å². The summed E-state index contributed by atoms with van der Waals surface area (Å²) in [5, 5.41) is 3.47. The second-order valence-electron chi connectivity index (χ2n) is 4.33. The summed E-state index contributed by atoms with van der Waals surface area (Å²) in [5.74, 6) is 2.37. The van der Waals surface area contributed by atoms with Gasteiger partial charge in [-0.05, 0) is 18.6 Å². The second-order valence-corrected chi connectivity index (χ2v) is 4.71. The smallest absolute Gasteiger partial charge is 0.180 e. The molecule has 0 saturated heterocycles. The van der Waals surface area contributed by atoms with Crippen LogP contribution in [0.1, 0.15) is 12.6 Å². The van der Waals surface area contributed by atoms with Gasteiger partial charge in [-0.25, -0.2) is 9.97 Å². The lowest BCUT2D eigenvalue weighted by atomic mass is 10.1. The zero-order valence-electron chi connectivity index (χ0n) is 12.5. The van der Waals surface area contributed by atoms with Gasteiger partial charge in [0.2, 0.25) is 0 Å². The molecule has 1 aromatic heterocycles. The Kier molecular flexibility index (Phi) is 4.85. The van der Waals surface area contributed by atoms with Gasteiger partial charge in [-0.15, -0.1) is 0 Å². The molecule has 21 heavy (non-hydrogen) atoms. The van der Waals surface area contributed by atoms with Crippen LogP contribution in [0.5, 0.6) is 11.5 Å². The van der Waals surface area contributed by atoms with Gasteiger partial charge in [0.1, 0.15) is 5.82 Å². The predicted octanol–water partition coefficient (Wildman–Crippen LogP) is 3.42. The highest BCUT2D eigenvalue weighted by molar-refractivity contribution is 6.35. The van der Waals surface area contributed by atoms with Crippen LogP contribution in [0.25, 0.3) is 11.4 Å². The fourth-order valence-electron chi connectivity index (χ4n) is 1.99. The topological polar surface area (TPSA) is 56.3 Å². The number of nitrogens with one attached hydrogen (secondary N) is 1. The van der Waals surface area contributed by atoms with Crippen molar-refractivity contribution in [3.63, 3.8) is 0 Å². The molecule has 0 unspecified atom stereocenters. The third-order valence-electron chi connectivity index (χ3n) is 3.12. The van der Waals surface area contributed by atoms with Crippen LogP contribution in [-0.2, 0) is 6.42 Å². The van der Waals surface area contributed by atoms with Gasteiger partial charge in [0.25, 0.3) is 0 Å². The molecule has 0 bridgehead atoms. The van der Waals surface area contributed by atoms with E-state index in [4.69, 9.17) is 21.1 Å². The summed E-state index contributed by atoms with van der Waals surface area (Å²) in [6, 6.07) is 5.54. The summed E-state index contributed by atoms with van der Waals surface area (Å²) in [7, 11) is 4.94. The van der Waals surface area contributed by atoms with Crippen molar-refractivity contribution in [3.05, 3.63) is 28.9 Å². The molecule has 6 heteroatoms. The first-order valence-corrected chi connectivity index (χ1v) is 6.98. The molecule has 0 radical (unpaired) electrons. The van der Waals surface area contributed by atoms with E-state index in [9.17, 15) is 0 Å². The number of anilines is 1. The summed E-state index contributed by atoms with van der Waals surface area (Å²) in [6.07, 6.45) is 0.815. The minimum absolute atomic E-state index is 0.437. The minimum Gasteiger partial charge on any atom is -0.493 e. The number of aromatic nitrogens is 2. The summed E-state index contributed by atoms with van der Waals surface area (Å²) >= 11 is 6.41. The van der Waals surface area contributed by atoms with E-state index in [1.165, 1.54) is 0 Å². The van der Waals surface area contributed by atoms with Crippen LogP contribution in [-0.4, -0.2) is 31.2 Å². The van der Waals surface area contributed by atoms with E-state index >= 15 is 0 Å². The molecule has 0 amide bonds. The fraction of sp³-hybridized carbons (Fsp3) is 0.333. The number of hydrogen-bond acceptors (Lipinski definition) is 5. The lowest BCUT2D eigenvalue weighted by Gasteiger charge is -2.13. The molecule has 112 valence electrons. The lowest BCUT2D eigenvalue weighted by Crippen LogP contribution is -2.01. The predicted molar refractivity (Wildman–Crippen MR) is 84.5 cm³/mol. The van der Waals surface area contributed by atoms with E-state index in [0.29, 0.717) is 27.9 Å². The molecule has 0 aliphatic rings. The van der Waals surface area contributed by atoms with E-state index in [2.05, 4.69) is 15.3 Å². The SMILES string of the molecule is CCc1cc(NC)nc(-c2ccc(OC)c(OC)c2Cl)n1. The van der Waals surface area contributed by atoms with Crippen molar-refractivity contribution >= 4 is 17.4 Å². The van der Waals surface area contributed by atoms with Gasteiger partial charge >= 0.3 is 0 Å². The summed E-state index contributed by atoms with van der Waals surface area (Å²) in [5.41, 5.74) is 1.65. The number of benzene rings is 1. The molecule has 0 atom stereocenters. The van der Waals surface area contributed by atoms with Crippen molar-refractivity contribution in [2.75, 3.05) is 26.6 Å². The maximum atomic E-state index is 6.41. The molecular formula is C15H18ClN3O2. The number of nitrogens with zero attached hydrogens (tertiary/aromatic N) is 2. The van der Waals surface area contributed by atoms with Gasteiger partial charge in [-0.3, -0.25) is 0 Å². The third-order valence-corrected chi connectivity index (χ3v) is 3.50. The number of methoxy groups -OCH3 is 2. The first-order chi connectivity index (χ1) is 10.1. The zero-order valence-corrected chi connectivity index (χ0v) is 13.3. The molecule has 0 aliphatic heterocycles. The van der Waals surface area contributed by atoms with Crippen LogP contribution in [0, 0.1) is 0 Å². The average molecular weight is 308 g/mol. The van der Waals surface area contributed by atoms with Crippen molar-refractivity contribution < 1.29 is 9.47 Å². The molecule has 1 heterocycles. The third kappa shape index (κ3) is 3.03. The molecule has 0 saturated carbocycles. The molecule has 1 aromatic carbocycles. The first kappa shape index (κ1) is 15.4. The van der Waals surface area contributed by atoms with Crippen molar-refractivity contribution in [2.24, 2.45) is 0 Å². The Morgan fingerprint density at radius 1 is 1.19 bits per heavy atom. The first-order valence-electron chi connectivity index (χ1n) is 6.61. The lowest BCUT2D eigenvalue weighted by molar-refractivity contribution is 0.355. The van der Waals surface area contributed by atoms with Gasteiger partial charge in [0.15, 0.2) is 17.3 Å². The molecule has 0 fully saturated rings. The summed E-state index contributed by atoms with van der Waals surface area (Å²) < 4.78 is 10.5. The summed E-state index contributed by atoms with van der Waals surface area (Å²) in [4.78, 5) is 8.99. The Hall–Kier alpha value is -2.01. The van der Waals surface area contributed by atoms with E-state index in [-0.39, 0.29) is 0 Å². The standard InChI is InChI=1S/C15H18ClN3O2/c1-5-9-8-12(17-2)19-15(18-9)10-6-7-11(20-3)14(21-4)13(10)16/h6-8H,5H2,1-4H3,(H,17,18,19). The number of ether oxygens (including phenoxy) is 2. The van der Waals surface area contributed by atoms with Crippen LogP contribution in [0.4, 0.5) is 5.82 Å².